The molecule has 0 aromatic heterocycles. The topological polar surface area (TPSA) is 0 Å². The van der Waals surface area contributed by atoms with Gasteiger partial charge in [-0.3, -0.25) is 0 Å². The monoisotopic (exact) mass is 778 g/mol. The smallest absolute Gasteiger partial charge is 0.0227 e. The van der Waals surface area contributed by atoms with E-state index in [1.807, 2.05) is 0 Å². The Morgan fingerprint density at radius 2 is 1.06 bits per heavy atom. The van der Waals surface area contributed by atoms with Crippen LogP contribution in [0.15, 0.2) is 152 Å². The standard InChI is InChI=1S/C51H39I/c1-31-23-25-38(36-15-6-5-14-34(31)36)42-19-12-20-43-48-33(13-11-22-45(48)50(2,3)49(42)43)30-51(4)44-21-10-9-17-39(44)40-26-24-32(29-46(40)51)35-27-28-47(52)41-18-8-7-16-37(35)41/h5-29H,30H2,1-4H3. The molecule has 2 aliphatic carbocycles. The highest BCUT2D eigenvalue weighted by molar-refractivity contribution is 14.1. The van der Waals surface area contributed by atoms with Gasteiger partial charge in [0.05, 0.1) is 0 Å². The molecule has 0 saturated carbocycles. The SMILES string of the molecule is Cc1ccc(-c2cccc3c2C(C)(C)c2cccc(CC4(C)c5ccccc5-c5ccc(-c6ccc(I)c7ccccc67)cc54)c2-3)c2ccccc12. The molecule has 0 saturated heterocycles. The lowest BCUT2D eigenvalue weighted by molar-refractivity contribution is 0.583. The lowest BCUT2D eigenvalue weighted by atomic mass is 9.73. The molecule has 0 spiro atoms. The van der Waals surface area contributed by atoms with E-state index < -0.39 is 0 Å². The van der Waals surface area contributed by atoms with Gasteiger partial charge in [-0.1, -0.05) is 160 Å². The van der Waals surface area contributed by atoms with Crippen molar-refractivity contribution in [3.63, 3.8) is 0 Å². The summed E-state index contributed by atoms with van der Waals surface area (Å²) in [6.07, 6.45) is 0.921. The summed E-state index contributed by atoms with van der Waals surface area (Å²) >= 11 is 2.47. The van der Waals surface area contributed by atoms with Crippen LogP contribution in [0.5, 0.6) is 0 Å². The van der Waals surface area contributed by atoms with Crippen LogP contribution in [0.25, 0.3) is 66.1 Å². The van der Waals surface area contributed by atoms with E-state index >= 15 is 0 Å². The Morgan fingerprint density at radius 1 is 0.462 bits per heavy atom. The van der Waals surface area contributed by atoms with E-state index in [0.29, 0.717) is 0 Å². The van der Waals surface area contributed by atoms with E-state index in [-0.39, 0.29) is 10.8 Å². The zero-order chi connectivity index (χ0) is 35.4. The van der Waals surface area contributed by atoms with Gasteiger partial charge in [0.1, 0.15) is 0 Å². The summed E-state index contributed by atoms with van der Waals surface area (Å²) in [7, 11) is 0. The molecule has 0 amide bonds. The van der Waals surface area contributed by atoms with Gasteiger partial charge in [0, 0.05) is 14.4 Å². The van der Waals surface area contributed by atoms with Crippen molar-refractivity contribution >= 4 is 44.1 Å². The maximum absolute atomic E-state index is 2.51. The van der Waals surface area contributed by atoms with Crippen LogP contribution in [0.1, 0.15) is 54.2 Å². The predicted molar refractivity (Wildman–Crippen MR) is 229 cm³/mol. The zero-order valence-corrected chi connectivity index (χ0v) is 32.2. The summed E-state index contributed by atoms with van der Waals surface area (Å²) in [5.74, 6) is 0. The number of rotatable bonds is 4. The van der Waals surface area contributed by atoms with Crippen molar-refractivity contribution in [3.05, 3.63) is 189 Å². The van der Waals surface area contributed by atoms with Crippen molar-refractivity contribution in [1.29, 1.82) is 0 Å². The number of benzene rings is 8. The molecule has 0 fully saturated rings. The maximum Gasteiger partial charge on any atom is 0.0227 e. The molecule has 2 aliphatic rings. The van der Waals surface area contributed by atoms with Crippen LogP contribution in [0.3, 0.4) is 0 Å². The van der Waals surface area contributed by atoms with Crippen LogP contribution in [-0.4, -0.2) is 0 Å². The number of hydrogen-bond donors (Lipinski definition) is 0. The van der Waals surface area contributed by atoms with Crippen molar-refractivity contribution in [2.45, 2.75) is 44.9 Å². The van der Waals surface area contributed by atoms with Gasteiger partial charge >= 0.3 is 0 Å². The molecule has 52 heavy (non-hydrogen) atoms. The molecule has 8 aromatic rings. The van der Waals surface area contributed by atoms with Crippen LogP contribution in [-0.2, 0) is 17.3 Å². The quantitative estimate of drug-likeness (QED) is 0.156. The second-order valence-electron chi connectivity index (χ2n) is 15.6. The van der Waals surface area contributed by atoms with Crippen molar-refractivity contribution in [3.8, 4) is 44.5 Å². The molecule has 250 valence electrons. The first-order chi connectivity index (χ1) is 25.3. The summed E-state index contributed by atoms with van der Waals surface area (Å²) in [5.41, 5.74) is 18.9. The molecular weight excluding hydrogens is 739 g/mol. The van der Waals surface area contributed by atoms with Crippen LogP contribution in [0, 0.1) is 10.5 Å². The third-order valence-corrected chi connectivity index (χ3v) is 13.3. The average molecular weight is 779 g/mol. The normalized spacial score (nSPS) is 16.5. The Labute approximate surface area is 320 Å². The van der Waals surface area contributed by atoms with E-state index in [0.717, 1.165) is 6.42 Å². The Morgan fingerprint density at radius 3 is 1.88 bits per heavy atom. The fourth-order valence-electron chi connectivity index (χ4n) is 9.90. The van der Waals surface area contributed by atoms with Crippen LogP contribution < -0.4 is 0 Å². The first kappa shape index (κ1) is 31.7. The molecule has 0 aliphatic heterocycles. The summed E-state index contributed by atoms with van der Waals surface area (Å²) in [6.45, 7) is 9.57. The molecule has 0 bridgehead atoms. The third-order valence-electron chi connectivity index (χ3n) is 12.4. The van der Waals surface area contributed by atoms with Gasteiger partial charge in [0.15, 0.2) is 0 Å². The van der Waals surface area contributed by atoms with Crippen molar-refractivity contribution in [2.24, 2.45) is 0 Å². The van der Waals surface area contributed by atoms with Gasteiger partial charge in [-0.25, -0.2) is 0 Å². The summed E-state index contributed by atoms with van der Waals surface area (Å²) < 4.78 is 1.29. The molecule has 0 N–H and O–H groups in total. The van der Waals surface area contributed by atoms with Gasteiger partial charge in [-0.2, -0.15) is 0 Å². The molecule has 0 heterocycles. The molecule has 8 aromatic carbocycles. The molecule has 1 unspecified atom stereocenters. The van der Waals surface area contributed by atoms with E-state index in [4.69, 9.17) is 0 Å². The van der Waals surface area contributed by atoms with E-state index in [2.05, 4.69) is 202 Å². The lowest BCUT2D eigenvalue weighted by Gasteiger charge is -2.30. The molecule has 1 atom stereocenters. The second-order valence-corrected chi connectivity index (χ2v) is 16.8. The van der Waals surface area contributed by atoms with Crippen LogP contribution >= 0.6 is 22.6 Å². The summed E-state index contributed by atoms with van der Waals surface area (Å²) in [5, 5.41) is 5.27. The maximum atomic E-state index is 2.51. The minimum Gasteiger partial charge on any atom is -0.0619 e. The molecule has 0 radical (unpaired) electrons. The van der Waals surface area contributed by atoms with Gasteiger partial charge < -0.3 is 0 Å². The van der Waals surface area contributed by atoms with E-state index in [1.54, 1.807) is 0 Å². The number of halogens is 1. The van der Waals surface area contributed by atoms with Crippen molar-refractivity contribution in [1.82, 2.24) is 0 Å². The van der Waals surface area contributed by atoms with E-state index in [1.165, 1.54) is 103 Å². The van der Waals surface area contributed by atoms with E-state index in [9.17, 15) is 0 Å². The molecule has 1 heteroatoms. The molecule has 10 rings (SSSR count). The first-order valence-electron chi connectivity index (χ1n) is 18.4. The minimum absolute atomic E-state index is 0.144. The Bertz CT molecular complexity index is 2780. The van der Waals surface area contributed by atoms with Gasteiger partial charge in [-0.15, -0.1) is 0 Å². The summed E-state index contributed by atoms with van der Waals surface area (Å²) in [4.78, 5) is 0. The first-order valence-corrected chi connectivity index (χ1v) is 19.5. The number of hydrogen-bond acceptors (Lipinski definition) is 0. The fraction of sp³-hybridized carbons (Fsp3) is 0.137. The number of aryl methyl sites for hydroxylation is 1. The average Bonchev–Trinajstić information content (AvgIpc) is 3.56. The largest absolute Gasteiger partial charge is 0.0619 e. The highest BCUT2D eigenvalue weighted by Gasteiger charge is 2.43. The second kappa shape index (κ2) is 11.5. The Hall–Kier alpha value is -4.99. The number of fused-ring (bicyclic) bond motifs is 8. The van der Waals surface area contributed by atoms with Crippen LogP contribution in [0.4, 0.5) is 0 Å². The predicted octanol–water partition coefficient (Wildman–Crippen LogP) is 14.1. The molecular formula is C51H39I. The van der Waals surface area contributed by atoms with Crippen LogP contribution in [0.2, 0.25) is 0 Å². The summed E-state index contributed by atoms with van der Waals surface area (Å²) in [6, 6.07) is 57.4. The lowest BCUT2D eigenvalue weighted by Crippen LogP contribution is -2.24. The van der Waals surface area contributed by atoms with Gasteiger partial charge in [0.25, 0.3) is 0 Å². The zero-order valence-electron chi connectivity index (χ0n) is 30.0. The minimum atomic E-state index is -0.201. The molecule has 0 nitrogen and oxygen atoms in total. The highest BCUT2D eigenvalue weighted by atomic mass is 127. The van der Waals surface area contributed by atoms with Gasteiger partial charge in [0.2, 0.25) is 0 Å². The highest BCUT2D eigenvalue weighted by Crippen LogP contribution is 2.57. The Kier molecular flexibility index (Phi) is 7.02. The third kappa shape index (κ3) is 4.45. The van der Waals surface area contributed by atoms with Gasteiger partial charge in [-0.05, 0) is 148 Å². The Balaban J connectivity index is 1.15. The van der Waals surface area contributed by atoms with Crippen molar-refractivity contribution in [2.75, 3.05) is 0 Å². The fourth-order valence-corrected chi connectivity index (χ4v) is 10.5. The van der Waals surface area contributed by atoms with Crippen molar-refractivity contribution < 1.29 is 0 Å².